The van der Waals surface area contributed by atoms with Crippen LogP contribution < -0.4 is 0 Å². The molecule has 90 valence electrons. The molecule has 0 spiro atoms. The highest BCUT2D eigenvalue weighted by atomic mass is 32.2. The summed E-state index contributed by atoms with van der Waals surface area (Å²) in [6.45, 7) is 0.231. The molecule has 7 heteroatoms. The van der Waals surface area contributed by atoms with Crippen molar-refractivity contribution in [1.82, 2.24) is 19.5 Å². The van der Waals surface area contributed by atoms with E-state index in [-0.39, 0.29) is 11.4 Å². The summed E-state index contributed by atoms with van der Waals surface area (Å²) in [5.41, 5.74) is 0.696. The van der Waals surface area contributed by atoms with E-state index in [1.165, 1.54) is 23.7 Å². The number of hydrogen-bond acceptors (Lipinski definition) is 4. The molecule has 0 aromatic carbocycles. The zero-order valence-corrected chi connectivity index (χ0v) is 10.1. The molecule has 2 heterocycles. The summed E-state index contributed by atoms with van der Waals surface area (Å²) in [5, 5.41) is 6.11. The number of aromatic amines is 1. The van der Waals surface area contributed by atoms with E-state index < -0.39 is 10.0 Å². The van der Waals surface area contributed by atoms with Crippen LogP contribution in [0.1, 0.15) is 5.69 Å². The lowest BCUT2D eigenvalue weighted by Gasteiger charge is -2.15. The molecule has 0 bridgehead atoms. The predicted molar refractivity (Wildman–Crippen MR) is 61.5 cm³/mol. The van der Waals surface area contributed by atoms with Crippen molar-refractivity contribution in [2.24, 2.45) is 0 Å². The predicted octanol–water partition coefficient (Wildman–Crippen LogP) is 0.625. The molecule has 0 radical (unpaired) electrons. The van der Waals surface area contributed by atoms with Crippen molar-refractivity contribution >= 4 is 10.0 Å². The fourth-order valence-electron chi connectivity index (χ4n) is 1.36. The highest BCUT2D eigenvalue weighted by Gasteiger charge is 2.21. The Morgan fingerprint density at radius 2 is 2.24 bits per heavy atom. The Labute approximate surface area is 99.4 Å². The zero-order chi connectivity index (χ0) is 12.3. The van der Waals surface area contributed by atoms with Crippen LogP contribution in [0.2, 0.25) is 0 Å². The Morgan fingerprint density at radius 1 is 1.41 bits per heavy atom. The summed E-state index contributed by atoms with van der Waals surface area (Å²) >= 11 is 0. The molecule has 0 aliphatic rings. The van der Waals surface area contributed by atoms with Crippen molar-refractivity contribution in [3.8, 4) is 0 Å². The molecule has 0 saturated carbocycles. The van der Waals surface area contributed by atoms with E-state index in [0.717, 1.165) is 0 Å². The van der Waals surface area contributed by atoms with Gasteiger partial charge in [-0.25, -0.2) is 8.42 Å². The molecular formula is C10H12N4O2S. The van der Waals surface area contributed by atoms with Crippen LogP contribution in [-0.4, -0.2) is 35.0 Å². The Bertz CT molecular complexity index is 566. The topological polar surface area (TPSA) is 79.0 Å². The van der Waals surface area contributed by atoms with Crippen molar-refractivity contribution in [1.29, 1.82) is 0 Å². The van der Waals surface area contributed by atoms with E-state index in [1.807, 2.05) is 6.07 Å². The number of hydrogen-bond donors (Lipinski definition) is 1. The van der Waals surface area contributed by atoms with Gasteiger partial charge in [0.1, 0.15) is 4.90 Å². The fraction of sp³-hybridized carbons (Fsp3) is 0.200. The van der Waals surface area contributed by atoms with Gasteiger partial charge in [-0.15, -0.1) is 0 Å². The average molecular weight is 252 g/mol. The minimum Gasteiger partial charge on any atom is -0.284 e. The van der Waals surface area contributed by atoms with Crippen molar-refractivity contribution in [2.75, 3.05) is 7.05 Å². The van der Waals surface area contributed by atoms with Gasteiger partial charge in [-0.1, -0.05) is 6.07 Å². The van der Waals surface area contributed by atoms with Crippen LogP contribution in [0.5, 0.6) is 0 Å². The van der Waals surface area contributed by atoms with Crippen molar-refractivity contribution in [3.05, 3.63) is 42.5 Å². The maximum absolute atomic E-state index is 12.0. The summed E-state index contributed by atoms with van der Waals surface area (Å²) in [6, 6.07) is 5.39. The van der Waals surface area contributed by atoms with Gasteiger partial charge in [0.25, 0.3) is 0 Å². The maximum Gasteiger partial charge on any atom is 0.246 e. The Hall–Kier alpha value is -1.73. The van der Waals surface area contributed by atoms with Crippen molar-refractivity contribution < 1.29 is 8.42 Å². The number of rotatable bonds is 4. The van der Waals surface area contributed by atoms with Crippen LogP contribution in [0.3, 0.4) is 0 Å². The molecule has 0 saturated heterocycles. The van der Waals surface area contributed by atoms with Gasteiger partial charge in [-0.2, -0.15) is 9.40 Å². The highest BCUT2D eigenvalue weighted by molar-refractivity contribution is 7.89. The van der Waals surface area contributed by atoms with Gasteiger partial charge in [0.2, 0.25) is 10.0 Å². The van der Waals surface area contributed by atoms with Crippen LogP contribution in [-0.2, 0) is 16.6 Å². The van der Waals surface area contributed by atoms with Crippen molar-refractivity contribution in [2.45, 2.75) is 11.4 Å². The smallest absolute Gasteiger partial charge is 0.246 e. The van der Waals surface area contributed by atoms with Crippen molar-refractivity contribution in [3.63, 3.8) is 0 Å². The van der Waals surface area contributed by atoms with Gasteiger partial charge in [-0.3, -0.25) is 10.1 Å². The van der Waals surface area contributed by atoms with Gasteiger partial charge in [0.15, 0.2) is 0 Å². The molecule has 2 aromatic rings. The number of H-pyrrole nitrogens is 1. The first-order valence-electron chi connectivity index (χ1n) is 4.96. The maximum atomic E-state index is 12.0. The Morgan fingerprint density at radius 3 is 2.82 bits per heavy atom. The number of pyridine rings is 1. The van der Waals surface area contributed by atoms with Crippen LogP contribution in [0.15, 0.2) is 41.7 Å². The SMILES string of the molecule is CN(Cc1ccccn1)S(=O)(=O)c1cn[nH]c1. The Kier molecular flexibility index (Phi) is 3.21. The number of aromatic nitrogens is 3. The monoisotopic (exact) mass is 252 g/mol. The number of nitrogens with one attached hydrogen (secondary N) is 1. The summed E-state index contributed by atoms with van der Waals surface area (Å²) < 4.78 is 25.3. The standard InChI is InChI=1S/C10H12N4O2S/c1-14(8-9-4-2-3-5-11-9)17(15,16)10-6-12-13-7-10/h2-7H,8H2,1H3,(H,12,13). The third-order valence-corrected chi connectivity index (χ3v) is 4.06. The van der Waals surface area contributed by atoms with Crippen LogP contribution in [0.25, 0.3) is 0 Å². The van der Waals surface area contributed by atoms with E-state index in [2.05, 4.69) is 15.2 Å². The fourth-order valence-corrected chi connectivity index (χ4v) is 2.41. The molecule has 0 fully saturated rings. The van der Waals surface area contributed by atoms with E-state index in [1.54, 1.807) is 18.3 Å². The Balaban J connectivity index is 2.19. The van der Waals surface area contributed by atoms with Gasteiger partial charge in [0.05, 0.1) is 18.4 Å². The molecule has 17 heavy (non-hydrogen) atoms. The average Bonchev–Trinajstić information content (AvgIpc) is 2.84. The molecule has 0 atom stereocenters. The number of sulfonamides is 1. The second-order valence-corrected chi connectivity index (χ2v) is 5.56. The molecule has 6 nitrogen and oxygen atoms in total. The summed E-state index contributed by atoms with van der Waals surface area (Å²) in [4.78, 5) is 4.23. The van der Waals surface area contributed by atoms with Gasteiger partial charge in [0, 0.05) is 19.4 Å². The van der Waals surface area contributed by atoms with Gasteiger partial charge in [-0.05, 0) is 12.1 Å². The molecule has 0 aliphatic heterocycles. The summed E-state index contributed by atoms with van der Waals surface area (Å²) in [7, 11) is -1.98. The molecule has 1 N–H and O–H groups in total. The lowest BCUT2D eigenvalue weighted by Crippen LogP contribution is -2.26. The van der Waals surface area contributed by atoms with E-state index in [0.29, 0.717) is 5.69 Å². The minimum atomic E-state index is -3.49. The van der Waals surface area contributed by atoms with E-state index >= 15 is 0 Å². The third kappa shape index (κ3) is 2.51. The van der Waals surface area contributed by atoms with E-state index in [9.17, 15) is 8.42 Å². The summed E-state index contributed by atoms with van der Waals surface area (Å²) in [5.74, 6) is 0. The number of nitrogens with zero attached hydrogens (tertiary/aromatic N) is 3. The summed E-state index contributed by atoms with van der Waals surface area (Å²) in [6.07, 6.45) is 4.27. The lowest BCUT2D eigenvalue weighted by molar-refractivity contribution is 0.462. The first-order chi connectivity index (χ1) is 8.10. The third-order valence-electron chi connectivity index (χ3n) is 2.29. The lowest BCUT2D eigenvalue weighted by atomic mass is 10.3. The second-order valence-electron chi connectivity index (χ2n) is 3.52. The first-order valence-corrected chi connectivity index (χ1v) is 6.40. The molecule has 2 aromatic heterocycles. The zero-order valence-electron chi connectivity index (χ0n) is 9.24. The molecular weight excluding hydrogens is 240 g/mol. The largest absolute Gasteiger partial charge is 0.284 e. The first kappa shape index (κ1) is 11.7. The van der Waals surface area contributed by atoms with E-state index in [4.69, 9.17) is 0 Å². The molecule has 0 amide bonds. The molecule has 0 unspecified atom stereocenters. The molecule has 0 aliphatic carbocycles. The second kappa shape index (κ2) is 4.64. The minimum absolute atomic E-state index is 0.149. The van der Waals surface area contributed by atoms with Crippen LogP contribution in [0.4, 0.5) is 0 Å². The highest BCUT2D eigenvalue weighted by Crippen LogP contribution is 2.13. The van der Waals surface area contributed by atoms with Gasteiger partial charge >= 0.3 is 0 Å². The van der Waals surface area contributed by atoms with Crippen LogP contribution in [0, 0.1) is 0 Å². The molecule has 2 rings (SSSR count). The quantitative estimate of drug-likeness (QED) is 0.865. The van der Waals surface area contributed by atoms with Crippen LogP contribution >= 0.6 is 0 Å². The van der Waals surface area contributed by atoms with Gasteiger partial charge < -0.3 is 0 Å². The normalized spacial score (nSPS) is 11.9.